The number of hydrogen-bond acceptors (Lipinski definition) is 6. The Hall–Kier alpha value is -0.630. The predicted octanol–water partition coefficient (Wildman–Crippen LogP) is 0.963. The third-order valence-electron chi connectivity index (χ3n) is 2.70. The van der Waals surface area contributed by atoms with Crippen LogP contribution in [0.15, 0.2) is 0 Å². The molecular formula is C14H27NO5S. The van der Waals surface area contributed by atoms with Crippen LogP contribution in [-0.4, -0.2) is 60.4 Å². The Morgan fingerprint density at radius 1 is 1.57 bits per heavy atom. The summed E-state index contributed by atoms with van der Waals surface area (Å²) in [4.78, 5) is 22.7. The number of aldehydes is 1. The molecule has 0 aromatic rings. The number of methoxy groups -OCH3 is 1. The van der Waals surface area contributed by atoms with Crippen molar-refractivity contribution < 1.29 is 25.5 Å². The molecule has 0 aliphatic carbocycles. The number of aliphatic hydroxyl groups is 1. The molecule has 0 aromatic carbocycles. The van der Waals surface area contributed by atoms with Gasteiger partial charge in [0, 0.05) is 25.0 Å². The van der Waals surface area contributed by atoms with Crippen molar-refractivity contribution in [3.63, 3.8) is 0 Å². The average molecular weight is 323 g/mol. The summed E-state index contributed by atoms with van der Waals surface area (Å²) in [5.74, 6) is 0.823. The number of carbonyl (C=O) groups is 2. The van der Waals surface area contributed by atoms with Gasteiger partial charge in [0.2, 0.25) is 5.91 Å². The van der Waals surface area contributed by atoms with E-state index in [1.165, 1.54) is 32.7 Å². The second-order valence-corrected chi connectivity index (χ2v) is 6.26. The fourth-order valence-electron chi connectivity index (χ4n) is 1.43. The lowest BCUT2D eigenvalue weighted by Crippen LogP contribution is -2.44. The first-order valence-electron chi connectivity index (χ1n) is 7.45. The van der Waals surface area contributed by atoms with Crippen molar-refractivity contribution >= 4 is 23.9 Å². The van der Waals surface area contributed by atoms with Crippen LogP contribution in [0.25, 0.3) is 0 Å². The predicted molar refractivity (Wildman–Crippen MR) is 83.3 cm³/mol. The highest BCUT2D eigenvalue weighted by Crippen LogP contribution is 2.11. The molecular weight excluding hydrogens is 294 g/mol. The molecule has 0 spiro atoms. The normalized spacial score (nSPS) is 15.2. The van der Waals surface area contributed by atoms with Crippen molar-refractivity contribution in [3.05, 3.63) is 0 Å². The molecule has 2 N–H and O–H groups in total. The maximum absolute atomic E-state index is 11.7. The molecule has 21 heavy (non-hydrogen) atoms. The van der Waals surface area contributed by atoms with Crippen LogP contribution >= 0.6 is 11.8 Å². The first-order chi connectivity index (χ1) is 10.3. The molecule has 0 heterocycles. The molecule has 2 atom stereocenters. The van der Waals surface area contributed by atoms with Gasteiger partial charge in [-0.3, -0.25) is 4.79 Å². The minimum absolute atomic E-state index is 0.0559. The zero-order valence-corrected chi connectivity index (χ0v) is 14.0. The average Bonchev–Trinajstić information content (AvgIpc) is 2.46. The lowest BCUT2D eigenvalue weighted by Gasteiger charge is -2.21. The highest BCUT2D eigenvalue weighted by molar-refractivity contribution is 7.99. The first-order valence-corrected chi connectivity index (χ1v) is 8.11. The molecule has 124 valence electrons. The molecule has 0 saturated carbocycles. The SMILES string of the molecule is [3H]C(=O)C(C)(C)NC(=O)CCSCC(OC)OC(CC)CO. The highest BCUT2D eigenvalue weighted by Gasteiger charge is 2.19. The third kappa shape index (κ3) is 9.84. The maximum Gasteiger partial charge on any atom is 0.221 e. The molecule has 1 amide bonds. The van der Waals surface area contributed by atoms with Gasteiger partial charge >= 0.3 is 0 Å². The van der Waals surface area contributed by atoms with Gasteiger partial charge in [-0.2, -0.15) is 11.8 Å². The second kappa shape index (κ2) is 11.0. The Morgan fingerprint density at radius 2 is 2.24 bits per heavy atom. The van der Waals surface area contributed by atoms with Gasteiger partial charge in [0.1, 0.15) is 7.63 Å². The van der Waals surface area contributed by atoms with E-state index in [0.29, 0.717) is 17.9 Å². The summed E-state index contributed by atoms with van der Waals surface area (Å²) in [6, 6.07) is 0. The number of carbonyl (C=O) groups excluding carboxylic acids is 2. The van der Waals surface area contributed by atoms with E-state index in [2.05, 4.69) is 5.32 Å². The smallest absolute Gasteiger partial charge is 0.221 e. The molecule has 0 aliphatic heterocycles. The van der Waals surface area contributed by atoms with Crippen LogP contribution in [-0.2, 0) is 19.1 Å². The number of thioether (sulfide) groups is 1. The molecule has 6 nitrogen and oxygen atoms in total. The number of hydrogen-bond donors (Lipinski definition) is 2. The summed E-state index contributed by atoms with van der Waals surface area (Å²) in [6.07, 6.45) is -0.570. The van der Waals surface area contributed by atoms with E-state index < -0.39 is 18.1 Å². The Labute approximate surface area is 132 Å². The van der Waals surface area contributed by atoms with Gasteiger partial charge in [0.25, 0.3) is 0 Å². The largest absolute Gasteiger partial charge is 0.394 e. The number of aliphatic hydroxyl groups excluding tert-OH is 1. The Morgan fingerprint density at radius 3 is 2.71 bits per heavy atom. The summed E-state index contributed by atoms with van der Waals surface area (Å²) >= 11 is 1.49. The Kier molecular flexibility index (Phi) is 9.65. The topological polar surface area (TPSA) is 84.9 Å². The fraction of sp³-hybridized carbons (Fsp3) is 0.857. The van der Waals surface area contributed by atoms with E-state index in [1.54, 1.807) is 0 Å². The van der Waals surface area contributed by atoms with Gasteiger partial charge in [-0.15, -0.1) is 0 Å². The number of nitrogens with one attached hydrogen (secondary N) is 1. The van der Waals surface area contributed by atoms with Crippen LogP contribution in [0.1, 0.15) is 35.0 Å². The minimum Gasteiger partial charge on any atom is -0.394 e. The van der Waals surface area contributed by atoms with E-state index in [9.17, 15) is 9.59 Å². The van der Waals surface area contributed by atoms with Crippen LogP contribution in [0.3, 0.4) is 0 Å². The number of amides is 1. The molecule has 0 rings (SSSR count). The lowest BCUT2D eigenvalue weighted by atomic mass is 10.1. The van der Waals surface area contributed by atoms with Crippen LogP contribution in [0.5, 0.6) is 0 Å². The van der Waals surface area contributed by atoms with Gasteiger partial charge in [-0.1, -0.05) is 6.92 Å². The van der Waals surface area contributed by atoms with Crippen molar-refractivity contribution in [1.29, 1.82) is 0 Å². The zero-order valence-electron chi connectivity index (χ0n) is 14.2. The van der Waals surface area contributed by atoms with Crippen molar-refractivity contribution in [2.45, 2.75) is 51.5 Å². The molecule has 0 aromatic heterocycles. The van der Waals surface area contributed by atoms with Crippen molar-refractivity contribution in [3.8, 4) is 0 Å². The number of rotatable bonds is 12. The Balaban J connectivity index is 3.99. The summed E-state index contributed by atoms with van der Waals surface area (Å²) in [5.41, 5.74) is -1.16. The van der Waals surface area contributed by atoms with Gasteiger partial charge in [-0.25, -0.2) is 0 Å². The lowest BCUT2D eigenvalue weighted by molar-refractivity contribution is -0.151. The number of ether oxygens (including phenoxy) is 2. The van der Waals surface area contributed by atoms with Gasteiger partial charge in [0.15, 0.2) is 6.29 Å². The Bertz CT molecular complexity index is 350. The molecule has 0 aliphatic rings. The van der Waals surface area contributed by atoms with Crippen LogP contribution in [0.2, 0.25) is 0 Å². The molecule has 0 fully saturated rings. The molecule has 0 bridgehead atoms. The summed E-state index contributed by atoms with van der Waals surface area (Å²) in [6.45, 7) is 4.87. The molecule has 0 saturated heterocycles. The van der Waals surface area contributed by atoms with E-state index in [0.717, 1.165) is 0 Å². The first kappa shape index (κ1) is 18.4. The van der Waals surface area contributed by atoms with E-state index in [4.69, 9.17) is 16.0 Å². The second-order valence-electron chi connectivity index (χ2n) is 5.11. The zero-order chi connectivity index (χ0) is 17.2. The third-order valence-corrected chi connectivity index (χ3v) is 3.70. The highest BCUT2D eigenvalue weighted by atomic mass is 32.2. The van der Waals surface area contributed by atoms with Gasteiger partial charge in [0.05, 0.1) is 18.2 Å². The van der Waals surface area contributed by atoms with Gasteiger partial charge < -0.3 is 24.7 Å². The van der Waals surface area contributed by atoms with Crippen LogP contribution in [0, 0.1) is 0 Å². The maximum atomic E-state index is 11.7. The molecule has 2 unspecified atom stereocenters. The summed E-state index contributed by atoms with van der Waals surface area (Å²) in [7, 11) is 1.53. The van der Waals surface area contributed by atoms with Crippen LogP contribution < -0.4 is 5.32 Å². The molecule has 7 heteroatoms. The molecule has 0 radical (unpaired) electrons. The monoisotopic (exact) mass is 323 g/mol. The van der Waals surface area contributed by atoms with Gasteiger partial charge in [-0.05, 0) is 20.3 Å². The van der Waals surface area contributed by atoms with E-state index in [-0.39, 0.29) is 25.0 Å². The fourth-order valence-corrected chi connectivity index (χ4v) is 2.33. The van der Waals surface area contributed by atoms with Crippen LogP contribution in [0.4, 0.5) is 0 Å². The van der Waals surface area contributed by atoms with E-state index >= 15 is 0 Å². The van der Waals surface area contributed by atoms with E-state index in [1.807, 2.05) is 6.92 Å². The minimum atomic E-state index is -1.16. The standard InChI is InChI=1S/C14H27NO5S/c1-5-11(8-16)20-13(19-4)9-21-7-6-12(18)15-14(2,3)10-17/h10-11,13,16H,5-9H2,1-4H3,(H,15,18)/i10T. The summed E-state index contributed by atoms with van der Waals surface area (Å²) < 4.78 is 17.8. The van der Waals surface area contributed by atoms with Crippen molar-refractivity contribution in [2.24, 2.45) is 0 Å². The summed E-state index contributed by atoms with van der Waals surface area (Å²) in [5, 5.41) is 11.6. The van der Waals surface area contributed by atoms with Crippen molar-refractivity contribution in [2.75, 3.05) is 25.2 Å². The van der Waals surface area contributed by atoms with Crippen molar-refractivity contribution in [1.82, 2.24) is 5.32 Å². The quantitative estimate of drug-likeness (QED) is 0.316.